The number of benzene rings is 1. The van der Waals surface area contributed by atoms with Crippen LogP contribution in [0.4, 0.5) is 0 Å². The standard InChI is InChI=1S/C11H13NO3/c1-7(12-2)11(13)8-3-4-9-10(5-8)15-6-14-9/h3-5,7,12H,6H2,1-2H3/t7-/m1/s1/i2D3,6D2. The number of hydrogen-bond acceptors (Lipinski definition) is 4. The minimum atomic E-state index is -2.41. The van der Waals surface area contributed by atoms with E-state index < -0.39 is 25.5 Å². The number of hydrogen-bond donors (Lipinski definition) is 1. The maximum atomic E-state index is 12.1. The van der Waals surface area contributed by atoms with E-state index in [2.05, 4.69) is 5.32 Å². The van der Waals surface area contributed by atoms with Gasteiger partial charge in [0.2, 0.25) is 6.75 Å². The van der Waals surface area contributed by atoms with Crippen LogP contribution in [0, 0.1) is 0 Å². The van der Waals surface area contributed by atoms with Crippen molar-refractivity contribution in [1.82, 2.24) is 5.32 Å². The minimum absolute atomic E-state index is 0.113. The molecule has 15 heavy (non-hydrogen) atoms. The van der Waals surface area contributed by atoms with Crippen molar-refractivity contribution in [2.24, 2.45) is 0 Å². The van der Waals surface area contributed by atoms with Crippen LogP contribution < -0.4 is 14.8 Å². The van der Waals surface area contributed by atoms with Gasteiger partial charge in [0.25, 0.3) is 0 Å². The fraction of sp³-hybridized carbons (Fsp3) is 0.364. The Labute approximate surface area is 95.2 Å². The van der Waals surface area contributed by atoms with E-state index in [1.807, 2.05) is 0 Å². The number of ether oxygens (including phenoxy) is 2. The van der Waals surface area contributed by atoms with Crippen molar-refractivity contribution < 1.29 is 21.1 Å². The monoisotopic (exact) mass is 212 g/mol. The van der Waals surface area contributed by atoms with Gasteiger partial charge in [-0.1, -0.05) is 0 Å². The lowest BCUT2D eigenvalue weighted by Crippen LogP contribution is -2.30. The topological polar surface area (TPSA) is 47.6 Å². The Hall–Kier alpha value is -1.55. The molecule has 0 aromatic heterocycles. The quantitative estimate of drug-likeness (QED) is 0.765. The van der Waals surface area contributed by atoms with Crippen LogP contribution in [-0.4, -0.2) is 25.5 Å². The Kier molecular flexibility index (Phi) is 1.43. The molecule has 1 heterocycles. The predicted molar refractivity (Wildman–Crippen MR) is 55.4 cm³/mol. The maximum absolute atomic E-state index is 12.1. The van der Waals surface area contributed by atoms with Crippen molar-refractivity contribution in [2.45, 2.75) is 13.0 Å². The van der Waals surface area contributed by atoms with Gasteiger partial charge in [0.15, 0.2) is 17.3 Å². The lowest BCUT2D eigenvalue weighted by atomic mass is 10.1. The summed E-state index contributed by atoms with van der Waals surface area (Å²) >= 11 is 0. The molecule has 1 aromatic carbocycles. The lowest BCUT2D eigenvalue weighted by Gasteiger charge is -2.09. The summed E-state index contributed by atoms with van der Waals surface area (Å²) in [6, 6.07) is 3.28. The van der Waals surface area contributed by atoms with Crippen LogP contribution in [0.25, 0.3) is 0 Å². The molecule has 1 aliphatic heterocycles. The third-order valence-corrected chi connectivity index (χ3v) is 2.14. The summed E-state index contributed by atoms with van der Waals surface area (Å²) in [7, 11) is 0. The molecule has 0 bridgehead atoms. The zero-order chi connectivity index (χ0) is 15.1. The molecule has 0 radical (unpaired) electrons. The van der Waals surface area contributed by atoms with Gasteiger partial charge in [0.1, 0.15) is 2.74 Å². The van der Waals surface area contributed by atoms with Crippen molar-refractivity contribution in [1.29, 1.82) is 0 Å². The molecule has 1 atom stereocenters. The first-order valence-electron chi connectivity index (χ1n) is 6.91. The second kappa shape index (κ2) is 3.90. The number of Topliss-reactive ketones (excluding diaryl/α,β-unsaturated/α-hetero) is 1. The molecule has 0 saturated heterocycles. The third-order valence-electron chi connectivity index (χ3n) is 2.14. The molecule has 1 aliphatic rings. The van der Waals surface area contributed by atoms with E-state index in [1.54, 1.807) is 0 Å². The first-order valence-corrected chi connectivity index (χ1v) is 4.41. The van der Waals surface area contributed by atoms with Gasteiger partial charge in [-0.2, -0.15) is 0 Å². The maximum Gasteiger partial charge on any atom is 0.231 e. The SMILES string of the molecule is [2H]C([2H])([2H])N[C@H](C)C(=O)c1ccc2c(c1)OC([2H])([2H])O2. The highest BCUT2D eigenvalue weighted by Crippen LogP contribution is 2.32. The number of ketones is 1. The van der Waals surface area contributed by atoms with E-state index in [1.165, 1.54) is 25.1 Å². The molecule has 1 aromatic rings. The van der Waals surface area contributed by atoms with Crippen molar-refractivity contribution in [3.63, 3.8) is 0 Å². The zero-order valence-electron chi connectivity index (χ0n) is 13.0. The van der Waals surface area contributed by atoms with Crippen LogP contribution in [0.2, 0.25) is 0 Å². The highest BCUT2D eigenvalue weighted by Gasteiger charge is 2.18. The Morgan fingerprint density at radius 2 is 2.40 bits per heavy atom. The molecule has 0 saturated carbocycles. The molecule has 1 N–H and O–H groups in total. The van der Waals surface area contributed by atoms with Gasteiger partial charge < -0.3 is 14.8 Å². The largest absolute Gasteiger partial charge is 0.454 e. The second-order valence-electron chi connectivity index (χ2n) is 3.18. The molecule has 0 aliphatic carbocycles. The number of nitrogens with one attached hydrogen (secondary N) is 1. The van der Waals surface area contributed by atoms with Crippen LogP contribution >= 0.6 is 0 Å². The van der Waals surface area contributed by atoms with E-state index in [-0.39, 0.29) is 17.1 Å². The van der Waals surface area contributed by atoms with Crippen LogP contribution in [0.1, 0.15) is 24.1 Å². The summed E-state index contributed by atoms with van der Waals surface area (Å²) in [5, 5.41) is 2.21. The highest BCUT2D eigenvalue weighted by molar-refractivity contribution is 6.00. The summed E-state index contributed by atoms with van der Waals surface area (Å²) in [5.74, 6) is -0.120. The lowest BCUT2D eigenvalue weighted by molar-refractivity contribution is 0.0954. The fourth-order valence-electron chi connectivity index (χ4n) is 1.25. The molecular formula is C11H13NO3. The molecule has 2 rings (SSSR count). The predicted octanol–water partition coefficient (Wildman–Crippen LogP) is 1.21. The third kappa shape index (κ3) is 1.80. The first-order chi connectivity index (χ1) is 9.07. The minimum Gasteiger partial charge on any atom is -0.454 e. The van der Waals surface area contributed by atoms with Crippen molar-refractivity contribution in [3.05, 3.63) is 23.8 Å². The number of likely N-dealkylation sites (N-methyl/N-ethyl adjacent to an activating group) is 1. The molecular weight excluding hydrogens is 194 g/mol. The van der Waals surface area contributed by atoms with Crippen molar-refractivity contribution >= 4 is 5.78 Å². The van der Waals surface area contributed by atoms with Crippen LogP contribution in [0.5, 0.6) is 11.5 Å². The van der Waals surface area contributed by atoms with Gasteiger partial charge in [-0.3, -0.25) is 4.79 Å². The number of carbonyl (C=O) groups is 1. The Morgan fingerprint density at radius 1 is 1.60 bits per heavy atom. The first kappa shape index (κ1) is 5.51. The van der Waals surface area contributed by atoms with E-state index >= 15 is 0 Å². The van der Waals surface area contributed by atoms with E-state index in [9.17, 15) is 4.79 Å². The molecule has 80 valence electrons. The Morgan fingerprint density at radius 3 is 3.20 bits per heavy atom. The highest BCUT2D eigenvalue weighted by atomic mass is 16.7. The van der Waals surface area contributed by atoms with Crippen molar-refractivity contribution in [3.8, 4) is 11.5 Å². The van der Waals surface area contributed by atoms with Crippen LogP contribution in [0.3, 0.4) is 0 Å². The van der Waals surface area contributed by atoms with Gasteiger partial charge in [-0.25, -0.2) is 0 Å². The molecule has 0 amide bonds. The van der Waals surface area contributed by atoms with E-state index in [0.717, 1.165) is 0 Å². The fourth-order valence-corrected chi connectivity index (χ4v) is 1.25. The summed E-state index contributed by atoms with van der Waals surface area (Å²) in [4.78, 5) is 12.1. The van der Waals surface area contributed by atoms with Gasteiger partial charge in [-0.05, 0) is 32.1 Å². The average molecular weight is 212 g/mol. The smallest absolute Gasteiger partial charge is 0.231 e. The van der Waals surface area contributed by atoms with E-state index in [4.69, 9.17) is 16.3 Å². The second-order valence-corrected chi connectivity index (χ2v) is 3.18. The zero-order valence-corrected chi connectivity index (χ0v) is 8.03. The summed E-state index contributed by atoms with van der Waals surface area (Å²) in [6.07, 6.45) is 0. The normalized spacial score (nSPS) is 24.2. The van der Waals surface area contributed by atoms with Crippen LogP contribution in [-0.2, 0) is 0 Å². The summed E-state index contributed by atoms with van der Waals surface area (Å²) in [6.45, 7) is -3.23. The van der Waals surface area contributed by atoms with Crippen molar-refractivity contribution in [2.75, 3.05) is 13.7 Å². The Bertz CT molecular complexity index is 543. The van der Waals surface area contributed by atoms with Gasteiger partial charge in [0, 0.05) is 9.68 Å². The summed E-state index contributed by atoms with van der Waals surface area (Å²) < 4.78 is 45.6. The molecule has 4 heteroatoms. The molecule has 0 unspecified atom stereocenters. The number of rotatable bonds is 3. The van der Waals surface area contributed by atoms with Crippen LogP contribution in [0.15, 0.2) is 18.2 Å². The van der Waals surface area contributed by atoms with Gasteiger partial charge in [-0.15, -0.1) is 0 Å². The Balaban J connectivity index is 2.17. The van der Waals surface area contributed by atoms with Gasteiger partial charge in [0.05, 0.1) is 6.04 Å². The van der Waals surface area contributed by atoms with Gasteiger partial charge >= 0.3 is 0 Å². The number of fused-ring (bicyclic) bond motifs is 1. The average Bonchev–Trinajstić information content (AvgIpc) is 2.58. The molecule has 4 nitrogen and oxygen atoms in total. The molecule has 0 spiro atoms. The number of carbonyl (C=O) groups excluding carboxylic acids is 1. The van der Waals surface area contributed by atoms with E-state index in [0.29, 0.717) is 0 Å². The molecule has 0 fully saturated rings. The summed E-state index contributed by atoms with van der Waals surface area (Å²) in [5.41, 5.74) is 0.217.